The molecule has 0 bridgehead atoms. The number of benzene rings is 1. The quantitative estimate of drug-likeness (QED) is 0.655. The average Bonchev–Trinajstić information content (AvgIpc) is 3.03. The van der Waals surface area contributed by atoms with E-state index in [2.05, 4.69) is 25.2 Å². The Morgan fingerprint density at radius 2 is 1.73 bits per heavy atom. The molecule has 1 fully saturated rings. The molecule has 1 saturated heterocycles. The van der Waals surface area contributed by atoms with Gasteiger partial charge in [-0.15, -0.1) is 0 Å². The van der Waals surface area contributed by atoms with Crippen molar-refractivity contribution < 1.29 is 4.39 Å². The van der Waals surface area contributed by atoms with Gasteiger partial charge in [0.2, 0.25) is 4.77 Å². The standard InChI is InChI=1S/C17H18FN7S/c18-14-2-1-3-16(12-14)25-17(26)24(20-21-25)13-22-8-10-23(11-9-22)15-4-6-19-7-5-15/h1-7,12H,8-11,13H2. The fourth-order valence-electron chi connectivity index (χ4n) is 3.02. The smallest absolute Gasteiger partial charge is 0.221 e. The van der Waals surface area contributed by atoms with Gasteiger partial charge in [-0.1, -0.05) is 6.07 Å². The molecule has 9 heteroatoms. The van der Waals surface area contributed by atoms with Gasteiger partial charge in [-0.05, 0) is 53.0 Å². The molecule has 3 heterocycles. The number of pyridine rings is 1. The van der Waals surface area contributed by atoms with E-state index >= 15 is 0 Å². The molecule has 4 rings (SSSR count). The first-order valence-electron chi connectivity index (χ1n) is 8.37. The summed E-state index contributed by atoms with van der Waals surface area (Å²) in [5, 5.41) is 8.20. The summed E-state index contributed by atoms with van der Waals surface area (Å²) in [6, 6.07) is 10.2. The first kappa shape index (κ1) is 16.8. The maximum absolute atomic E-state index is 13.4. The Hall–Kier alpha value is -2.65. The van der Waals surface area contributed by atoms with Gasteiger partial charge in [0.1, 0.15) is 5.82 Å². The minimum atomic E-state index is -0.328. The molecule has 26 heavy (non-hydrogen) atoms. The molecule has 0 radical (unpaired) electrons. The molecule has 0 spiro atoms. The number of halogens is 1. The van der Waals surface area contributed by atoms with E-state index in [1.807, 2.05) is 24.5 Å². The predicted molar refractivity (Wildman–Crippen MR) is 98.2 cm³/mol. The summed E-state index contributed by atoms with van der Waals surface area (Å²) in [6.45, 7) is 4.22. The number of hydrogen-bond acceptors (Lipinski definition) is 6. The van der Waals surface area contributed by atoms with Gasteiger partial charge in [0.05, 0.1) is 12.4 Å². The minimum Gasteiger partial charge on any atom is -0.369 e. The predicted octanol–water partition coefficient (Wildman–Crippen LogP) is 2.11. The topological polar surface area (TPSA) is 55.0 Å². The van der Waals surface area contributed by atoms with Crippen molar-refractivity contribution in [2.45, 2.75) is 6.67 Å². The van der Waals surface area contributed by atoms with Gasteiger partial charge in [-0.2, -0.15) is 4.68 Å². The molecule has 0 amide bonds. The van der Waals surface area contributed by atoms with Crippen molar-refractivity contribution in [1.29, 1.82) is 0 Å². The molecule has 0 N–H and O–H groups in total. The summed E-state index contributed by atoms with van der Waals surface area (Å²) in [6.07, 6.45) is 3.62. The summed E-state index contributed by atoms with van der Waals surface area (Å²) in [4.78, 5) is 8.67. The number of aromatic nitrogens is 5. The highest BCUT2D eigenvalue weighted by Crippen LogP contribution is 2.15. The van der Waals surface area contributed by atoms with Crippen molar-refractivity contribution in [3.63, 3.8) is 0 Å². The van der Waals surface area contributed by atoms with Gasteiger partial charge in [-0.25, -0.2) is 9.07 Å². The van der Waals surface area contributed by atoms with Crippen molar-refractivity contribution in [2.24, 2.45) is 0 Å². The molecule has 7 nitrogen and oxygen atoms in total. The van der Waals surface area contributed by atoms with E-state index in [9.17, 15) is 4.39 Å². The van der Waals surface area contributed by atoms with E-state index in [0.29, 0.717) is 17.1 Å². The third-order valence-corrected chi connectivity index (χ3v) is 4.81. The second-order valence-corrected chi connectivity index (χ2v) is 6.47. The molecule has 0 atom stereocenters. The summed E-state index contributed by atoms with van der Waals surface area (Å²) in [5.74, 6) is -0.328. The second kappa shape index (κ2) is 7.30. The van der Waals surface area contributed by atoms with Crippen molar-refractivity contribution in [2.75, 3.05) is 31.1 Å². The van der Waals surface area contributed by atoms with Crippen molar-refractivity contribution in [1.82, 2.24) is 29.7 Å². The molecule has 1 aliphatic rings. The first-order valence-corrected chi connectivity index (χ1v) is 8.77. The lowest BCUT2D eigenvalue weighted by Gasteiger charge is -2.35. The highest BCUT2D eigenvalue weighted by molar-refractivity contribution is 7.71. The minimum absolute atomic E-state index is 0.328. The van der Waals surface area contributed by atoms with Crippen LogP contribution in [0.2, 0.25) is 0 Å². The number of tetrazole rings is 1. The van der Waals surface area contributed by atoms with E-state index < -0.39 is 0 Å². The number of rotatable bonds is 4. The van der Waals surface area contributed by atoms with Gasteiger partial charge in [-0.3, -0.25) is 9.88 Å². The zero-order chi connectivity index (χ0) is 17.9. The Morgan fingerprint density at radius 1 is 0.962 bits per heavy atom. The summed E-state index contributed by atoms with van der Waals surface area (Å²) in [5.41, 5.74) is 1.76. The third-order valence-electron chi connectivity index (χ3n) is 4.43. The lowest BCUT2D eigenvalue weighted by atomic mass is 10.3. The Balaban J connectivity index is 1.42. The van der Waals surface area contributed by atoms with Crippen LogP contribution in [0.4, 0.5) is 10.1 Å². The molecule has 2 aromatic heterocycles. The molecule has 0 unspecified atom stereocenters. The van der Waals surface area contributed by atoms with Crippen LogP contribution in [-0.4, -0.2) is 55.9 Å². The summed E-state index contributed by atoms with van der Waals surface area (Å²) < 4.78 is 17.0. The molecule has 3 aromatic rings. The number of nitrogens with zero attached hydrogens (tertiary/aromatic N) is 7. The van der Waals surface area contributed by atoms with E-state index in [1.54, 1.807) is 16.8 Å². The Labute approximate surface area is 155 Å². The summed E-state index contributed by atoms with van der Waals surface area (Å²) >= 11 is 5.45. The third kappa shape index (κ3) is 3.49. The number of piperazine rings is 1. The van der Waals surface area contributed by atoms with Crippen LogP contribution >= 0.6 is 12.2 Å². The van der Waals surface area contributed by atoms with Gasteiger partial charge in [0, 0.05) is 44.3 Å². The normalized spacial score (nSPS) is 15.3. The lowest BCUT2D eigenvalue weighted by Crippen LogP contribution is -2.47. The second-order valence-electron chi connectivity index (χ2n) is 6.10. The molecular formula is C17H18FN7S. The molecule has 0 saturated carbocycles. The van der Waals surface area contributed by atoms with Gasteiger partial charge in [0.15, 0.2) is 0 Å². The van der Waals surface area contributed by atoms with Crippen molar-refractivity contribution in [3.8, 4) is 5.69 Å². The van der Waals surface area contributed by atoms with E-state index in [4.69, 9.17) is 12.2 Å². The average molecular weight is 371 g/mol. The lowest BCUT2D eigenvalue weighted by molar-refractivity contribution is 0.193. The zero-order valence-corrected chi connectivity index (χ0v) is 14.9. The number of anilines is 1. The number of hydrogen-bond donors (Lipinski definition) is 0. The Bertz CT molecular complexity index is 932. The van der Waals surface area contributed by atoms with Gasteiger partial charge >= 0.3 is 0 Å². The Morgan fingerprint density at radius 3 is 2.46 bits per heavy atom. The van der Waals surface area contributed by atoms with E-state index in [0.717, 1.165) is 26.2 Å². The van der Waals surface area contributed by atoms with Crippen LogP contribution in [-0.2, 0) is 6.67 Å². The molecule has 1 aromatic carbocycles. The maximum Gasteiger partial charge on any atom is 0.221 e. The highest BCUT2D eigenvalue weighted by Gasteiger charge is 2.18. The van der Waals surface area contributed by atoms with Crippen molar-refractivity contribution >= 4 is 17.9 Å². The maximum atomic E-state index is 13.4. The fraction of sp³-hybridized carbons (Fsp3) is 0.294. The van der Waals surface area contributed by atoms with Crippen LogP contribution in [0.5, 0.6) is 0 Å². The van der Waals surface area contributed by atoms with Crippen molar-refractivity contribution in [3.05, 3.63) is 59.4 Å². The Kier molecular flexibility index (Phi) is 4.72. The first-order chi connectivity index (χ1) is 12.7. The highest BCUT2D eigenvalue weighted by atomic mass is 32.1. The monoisotopic (exact) mass is 371 g/mol. The van der Waals surface area contributed by atoms with Crippen LogP contribution in [0.1, 0.15) is 0 Å². The molecule has 1 aliphatic heterocycles. The molecule has 0 aliphatic carbocycles. The van der Waals surface area contributed by atoms with Gasteiger partial charge in [0.25, 0.3) is 0 Å². The van der Waals surface area contributed by atoms with Crippen LogP contribution in [0.25, 0.3) is 5.69 Å². The summed E-state index contributed by atoms with van der Waals surface area (Å²) in [7, 11) is 0. The van der Waals surface area contributed by atoms with E-state index in [-0.39, 0.29) is 5.82 Å². The van der Waals surface area contributed by atoms with Crippen LogP contribution in [0, 0.1) is 10.6 Å². The SMILES string of the molecule is Fc1cccc(-n2nnn(CN3CCN(c4ccncc4)CC3)c2=S)c1. The van der Waals surface area contributed by atoms with Gasteiger partial charge < -0.3 is 4.90 Å². The van der Waals surface area contributed by atoms with Crippen LogP contribution < -0.4 is 4.90 Å². The molecule has 134 valence electrons. The van der Waals surface area contributed by atoms with E-state index in [1.165, 1.54) is 22.5 Å². The van der Waals surface area contributed by atoms with Crippen LogP contribution in [0.3, 0.4) is 0 Å². The van der Waals surface area contributed by atoms with Crippen LogP contribution in [0.15, 0.2) is 48.8 Å². The fourth-order valence-corrected chi connectivity index (χ4v) is 3.26. The molecular weight excluding hydrogens is 353 g/mol. The zero-order valence-electron chi connectivity index (χ0n) is 14.1. The largest absolute Gasteiger partial charge is 0.369 e.